The highest BCUT2D eigenvalue weighted by molar-refractivity contribution is 6.13. The lowest BCUT2D eigenvalue weighted by Crippen LogP contribution is -2.41. The van der Waals surface area contributed by atoms with Gasteiger partial charge in [0.2, 0.25) is 0 Å². The van der Waals surface area contributed by atoms with Gasteiger partial charge in [0, 0.05) is 25.4 Å². The molecule has 1 aliphatic heterocycles. The fraction of sp³-hybridized carbons (Fsp3) is 0.200. The Labute approximate surface area is 201 Å². The highest BCUT2D eigenvalue weighted by atomic mass is 16.5. The zero-order valence-electron chi connectivity index (χ0n) is 19.4. The van der Waals surface area contributed by atoms with Crippen LogP contribution >= 0.6 is 0 Å². The Bertz CT molecular complexity index is 1180. The van der Waals surface area contributed by atoms with Gasteiger partial charge in [0.1, 0.15) is 0 Å². The molecule has 10 nitrogen and oxygen atoms in total. The molecule has 182 valence electrons. The van der Waals surface area contributed by atoms with Gasteiger partial charge in [0.15, 0.2) is 6.04 Å². The van der Waals surface area contributed by atoms with Crippen LogP contribution in [0.25, 0.3) is 6.08 Å². The van der Waals surface area contributed by atoms with Crippen molar-refractivity contribution in [3.05, 3.63) is 76.9 Å². The Balaban J connectivity index is 1.96. The van der Waals surface area contributed by atoms with E-state index in [0.717, 1.165) is 34.5 Å². The molecule has 0 saturated carbocycles. The van der Waals surface area contributed by atoms with Crippen LogP contribution in [-0.2, 0) is 14.3 Å². The molecule has 0 aliphatic carbocycles. The van der Waals surface area contributed by atoms with Crippen LogP contribution in [0.1, 0.15) is 33.2 Å². The Hall–Kier alpha value is -4.44. The first-order chi connectivity index (χ1) is 16.6. The maximum absolute atomic E-state index is 13.2. The molecule has 1 saturated heterocycles. The zero-order valence-corrected chi connectivity index (χ0v) is 19.4. The number of hydrogen-bond donors (Lipinski definition) is 3. The standard InChI is InChI=1S/C25H25N3O7/c1-4-35-25(34)21-20(7-5-6-15-8-10-18(11-9-15)27(2)3)22(29)28(26-21)19-13-16(23(30)31)12-17(14-19)24(32)33/h5-14,21,26H,4H2,1-3H3,(H,30,31)(H,32,33). The average Bonchev–Trinajstić information content (AvgIpc) is 3.15. The quantitative estimate of drug-likeness (QED) is 0.385. The molecule has 1 aliphatic rings. The van der Waals surface area contributed by atoms with Gasteiger partial charge in [-0.05, 0) is 42.8 Å². The molecule has 1 atom stereocenters. The van der Waals surface area contributed by atoms with Gasteiger partial charge in [0.05, 0.1) is 23.4 Å². The van der Waals surface area contributed by atoms with Crippen molar-refractivity contribution in [2.75, 3.05) is 30.6 Å². The number of carboxylic acids is 2. The van der Waals surface area contributed by atoms with Crippen molar-refractivity contribution < 1.29 is 34.1 Å². The SMILES string of the molecule is CCOC(=O)C1NN(c2cc(C(=O)O)cc(C(=O)O)c2)C(=O)C1=CC=Cc1ccc(N(C)C)cc1. The number of ether oxygens (including phenoxy) is 1. The second kappa shape index (κ2) is 10.7. The van der Waals surface area contributed by atoms with E-state index in [4.69, 9.17) is 4.74 Å². The summed E-state index contributed by atoms with van der Waals surface area (Å²) in [5.41, 5.74) is 3.99. The van der Waals surface area contributed by atoms with Gasteiger partial charge in [-0.3, -0.25) is 4.79 Å². The predicted octanol–water partition coefficient (Wildman–Crippen LogP) is 2.57. The molecular formula is C25H25N3O7. The lowest BCUT2D eigenvalue weighted by Gasteiger charge is -2.18. The summed E-state index contributed by atoms with van der Waals surface area (Å²) in [5, 5.41) is 19.6. The number of carboxylic acid groups (broad SMARTS) is 2. The number of hydrazine groups is 1. The molecule has 10 heteroatoms. The Kier molecular flexibility index (Phi) is 7.67. The number of aromatic carboxylic acids is 2. The minimum atomic E-state index is -1.36. The molecule has 35 heavy (non-hydrogen) atoms. The van der Waals surface area contributed by atoms with E-state index in [0.29, 0.717) is 0 Å². The lowest BCUT2D eigenvalue weighted by molar-refractivity contribution is -0.144. The van der Waals surface area contributed by atoms with Gasteiger partial charge in [-0.2, -0.15) is 0 Å². The van der Waals surface area contributed by atoms with Crippen molar-refractivity contribution in [1.82, 2.24) is 5.43 Å². The summed E-state index contributed by atoms with van der Waals surface area (Å²) in [4.78, 5) is 50.6. The summed E-state index contributed by atoms with van der Waals surface area (Å²) < 4.78 is 5.07. The molecule has 0 spiro atoms. The largest absolute Gasteiger partial charge is 0.478 e. The molecule has 2 aromatic rings. The number of allylic oxidation sites excluding steroid dienone is 2. The van der Waals surface area contributed by atoms with Gasteiger partial charge in [-0.15, -0.1) is 0 Å². The van der Waals surface area contributed by atoms with Crippen LogP contribution in [-0.4, -0.2) is 60.8 Å². The number of rotatable bonds is 8. The summed E-state index contributed by atoms with van der Waals surface area (Å²) in [5.74, 6) is -4.07. The van der Waals surface area contributed by atoms with Crippen LogP contribution in [0, 0.1) is 0 Å². The van der Waals surface area contributed by atoms with Gasteiger partial charge in [-0.25, -0.2) is 24.8 Å². The van der Waals surface area contributed by atoms with E-state index in [1.165, 1.54) is 6.08 Å². The minimum Gasteiger partial charge on any atom is -0.478 e. The topological polar surface area (TPSA) is 136 Å². The summed E-state index contributed by atoms with van der Waals surface area (Å²) >= 11 is 0. The molecule has 0 aromatic heterocycles. The van der Waals surface area contributed by atoms with Gasteiger partial charge in [-0.1, -0.05) is 30.4 Å². The predicted molar refractivity (Wildman–Crippen MR) is 129 cm³/mol. The van der Waals surface area contributed by atoms with Crippen LogP contribution < -0.4 is 15.3 Å². The third-order valence-electron chi connectivity index (χ3n) is 5.19. The number of hydrogen-bond acceptors (Lipinski definition) is 7. The summed E-state index contributed by atoms with van der Waals surface area (Å²) in [6.45, 7) is 1.72. The molecule has 1 heterocycles. The van der Waals surface area contributed by atoms with Crippen molar-refractivity contribution in [3.63, 3.8) is 0 Å². The van der Waals surface area contributed by atoms with E-state index in [9.17, 15) is 29.4 Å². The second-order valence-corrected chi connectivity index (χ2v) is 7.80. The van der Waals surface area contributed by atoms with Gasteiger partial charge in [0.25, 0.3) is 5.91 Å². The maximum Gasteiger partial charge on any atom is 0.335 e. The fourth-order valence-corrected chi connectivity index (χ4v) is 3.41. The highest BCUT2D eigenvalue weighted by Gasteiger charge is 2.41. The van der Waals surface area contributed by atoms with E-state index < -0.39 is 29.9 Å². The number of nitrogens with zero attached hydrogens (tertiary/aromatic N) is 2. The second-order valence-electron chi connectivity index (χ2n) is 7.80. The average molecular weight is 479 g/mol. The van der Waals surface area contributed by atoms with Crippen molar-refractivity contribution >= 4 is 41.3 Å². The first-order valence-corrected chi connectivity index (χ1v) is 10.7. The molecule has 3 N–H and O–H groups in total. The van der Waals surface area contributed by atoms with E-state index in [2.05, 4.69) is 5.43 Å². The molecule has 1 fully saturated rings. The molecular weight excluding hydrogens is 454 g/mol. The number of carbonyl (C=O) groups excluding carboxylic acids is 2. The number of esters is 1. The van der Waals surface area contributed by atoms with Crippen LogP contribution in [0.3, 0.4) is 0 Å². The Morgan fingerprint density at radius 3 is 2.17 bits per heavy atom. The minimum absolute atomic E-state index is 0.0340. The molecule has 1 unspecified atom stereocenters. The number of nitrogens with one attached hydrogen (secondary N) is 1. The first kappa shape index (κ1) is 25.2. The van der Waals surface area contributed by atoms with E-state index in [-0.39, 0.29) is 29.0 Å². The van der Waals surface area contributed by atoms with Crippen molar-refractivity contribution in [1.29, 1.82) is 0 Å². The summed E-state index contributed by atoms with van der Waals surface area (Å²) in [6.07, 6.45) is 4.85. The number of benzene rings is 2. The van der Waals surface area contributed by atoms with Gasteiger partial charge >= 0.3 is 17.9 Å². The third-order valence-corrected chi connectivity index (χ3v) is 5.19. The molecule has 2 aromatic carbocycles. The Morgan fingerprint density at radius 1 is 1.06 bits per heavy atom. The van der Waals surface area contributed by atoms with Crippen LogP contribution in [0.15, 0.2) is 60.2 Å². The van der Waals surface area contributed by atoms with Crippen LogP contribution in [0.5, 0.6) is 0 Å². The third kappa shape index (κ3) is 5.74. The number of anilines is 2. The summed E-state index contributed by atoms with van der Waals surface area (Å²) in [6, 6.07) is 9.79. The van der Waals surface area contributed by atoms with Crippen molar-refractivity contribution in [2.45, 2.75) is 13.0 Å². The zero-order chi connectivity index (χ0) is 25.7. The fourth-order valence-electron chi connectivity index (χ4n) is 3.41. The van der Waals surface area contributed by atoms with Gasteiger partial charge < -0.3 is 19.8 Å². The van der Waals surface area contributed by atoms with Crippen molar-refractivity contribution in [2.24, 2.45) is 0 Å². The number of amides is 1. The maximum atomic E-state index is 13.2. The molecule has 0 radical (unpaired) electrons. The first-order valence-electron chi connectivity index (χ1n) is 10.7. The van der Waals surface area contributed by atoms with E-state index in [1.807, 2.05) is 43.3 Å². The lowest BCUT2D eigenvalue weighted by atomic mass is 10.1. The smallest absolute Gasteiger partial charge is 0.335 e. The number of carbonyl (C=O) groups is 4. The van der Waals surface area contributed by atoms with Crippen LogP contribution in [0.2, 0.25) is 0 Å². The Morgan fingerprint density at radius 2 is 1.66 bits per heavy atom. The summed E-state index contributed by atoms with van der Waals surface area (Å²) in [7, 11) is 3.86. The van der Waals surface area contributed by atoms with Crippen molar-refractivity contribution in [3.8, 4) is 0 Å². The van der Waals surface area contributed by atoms with E-state index >= 15 is 0 Å². The van der Waals surface area contributed by atoms with Crippen LogP contribution in [0.4, 0.5) is 11.4 Å². The highest BCUT2D eigenvalue weighted by Crippen LogP contribution is 2.26. The molecule has 3 rings (SSSR count). The molecule has 1 amide bonds. The molecule has 0 bridgehead atoms. The normalized spacial score (nSPS) is 16.7. The van der Waals surface area contributed by atoms with E-state index in [1.54, 1.807) is 19.1 Å². The monoisotopic (exact) mass is 479 g/mol.